The smallest absolute Gasteiger partial charge is 0.211 e. The highest BCUT2D eigenvalue weighted by Crippen LogP contribution is 2.28. The molecule has 13 heavy (non-hydrogen) atoms. The minimum atomic E-state index is 0.364. The van der Waals surface area contributed by atoms with Gasteiger partial charge >= 0.3 is 0 Å². The maximum atomic E-state index is 10.2. The van der Waals surface area contributed by atoms with Crippen molar-refractivity contribution in [3.8, 4) is 6.07 Å². The molecule has 1 aromatic rings. The fourth-order valence-corrected chi connectivity index (χ4v) is 1.33. The van der Waals surface area contributed by atoms with E-state index in [1.165, 1.54) is 6.07 Å². The molecule has 0 aromatic heterocycles. The van der Waals surface area contributed by atoms with Gasteiger partial charge in [-0.05, 0) is 28.1 Å². The van der Waals surface area contributed by atoms with Crippen LogP contribution >= 0.6 is 27.5 Å². The van der Waals surface area contributed by atoms with E-state index in [9.17, 15) is 4.79 Å². The molecule has 0 bridgehead atoms. The Kier molecular flexibility index (Phi) is 3.29. The Hall–Kier alpha value is -1.05. The summed E-state index contributed by atoms with van der Waals surface area (Å²) in [6.07, 6.45) is 0.500. The number of carbonyl (C=O) groups is 1. The van der Waals surface area contributed by atoms with Crippen LogP contribution < -0.4 is 5.32 Å². The third kappa shape index (κ3) is 2.20. The maximum absolute atomic E-state index is 10.2. The van der Waals surface area contributed by atoms with E-state index in [4.69, 9.17) is 16.9 Å². The molecule has 0 fully saturated rings. The van der Waals surface area contributed by atoms with Gasteiger partial charge in [0, 0.05) is 4.47 Å². The van der Waals surface area contributed by atoms with Gasteiger partial charge in [0.2, 0.25) is 6.41 Å². The number of halogens is 2. The van der Waals surface area contributed by atoms with Gasteiger partial charge in [-0.2, -0.15) is 5.26 Å². The molecule has 0 aliphatic rings. The number of anilines is 1. The van der Waals surface area contributed by atoms with Gasteiger partial charge in [0.25, 0.3) is 0 Å². The predicted molar refractivity (Wildman–Crippen MR) is 53.6 cm³/mol. The summed E-state index contributed by atoms with van der Waals surface area (Å²) in [4.78, 5) is 10.2. The molecule has 0 heterocycles. The Balaban J connectivity index is 3.26. The zero-order valence-electron chi connectivity index (χ0n) is 6.34. The van der Waals surface area contributed by atoms with E-state index in [-0.39, 0.29) is 0 Å². The van der Waals surface area contributed by atoms with E-state index in [0.29, 0.717) is 27.2 Å². The second kappa shape index (κ2) is 4.26. The molecule has 0 aliphatic carbocycles. The Morgan fingerprint density at radius 2 is 2.31 bits per heavy atom. The lowest BCUT2D eigenvalue weighted by molar-refractivity contribution is -0.105. The molecule has 5 heteroatoms. The molecule has 0 saturated carbocycles. The van der Waals surface area contributed by atoms with E-state index in [1.54, 1.807) is 6.07 Å². The average molecular weight is 259 g/mol. The van der Waals surface area contributed by atoms with Crippen LogP contribution in [0.3, 0.4) is 0 Å². The summed E-state index contributed by atoms with van der Waals surface area (Å²) in [5, 5.41) is 11.5. The number of hydrogen-bond acceptors (Lipinski definition) is 2. The van der Waals surface area contributed by atoms with Gasteiger partial charge in [-0.25, -0.2) is 0 Å². The van der Waals surface area contributed by atoms with E-state index < -0.39 is 0 Å². The molecule has 0 atom stereocenters. The summed E-state index contributed by atoms with van der Waals surface area (Å²) in [5.41, 5.74) is 0.772. The lowest BCUT2D eigenvalue weighted by atomic mass is 10.2. The van der Waals surface area contributed by atoms with Crippen LogP contribution in [0.15, 0.2) is 16.6 Å². The fraction of sp³-hybridized carbons (Fsp3) is 0. The normalized spacial score (nSPS) is 9.00. The van der Waals surface area contributed by atoms with Gasteiger partial charge in [-0.3, -0.25) is 4.79 Å². The molecule has 1 rings (SSSR count). The first-order valence-corrected chi connectivity index (χ1v) is 4.45. The van der Waals surface area contributed by atoms with Gasteiger partial charge in [-0.15, -0.1) is 0 Å². The Morgan fingerprint density at radius 3 is 2.85 bits per heavy atom. The first-order chi connectivity index (χ1) is 6.19. The van der Waals surface area contributed by atoms with E-state index >= 15 is 0 Å². The standard InChI is InChI=1S/C8H4BrClN2O/c9-6-1-5(3-11)8(12-4-13)2-7(6)10/h1-2,4H,(H,12,13). The molecule has 3 nitrogen and oxygen atoms in total. The van der Waals surface area contributed by atoms with Crippen LogP contribution in [-0.4, -0.2) is 6.41 Å². The molecule has 1 aromatic carbocycles. The molecular weight excluding hydrogens is 255 g/mol. The fourth-order valence-electron chi connectivity index (χ4n) is 0.822. The summed E-state index contributed by atoms with van der Waals surface area (Å²) in [6.45, 7) is 0. The van der Waals surface area contributed by atoms with Crippen LogP contribution in [0.1, 0.15) is 5.56 Å². The third-order valence-electron chi connectivity index (χ3n) is 1.40. The SMILES string of the molecule is N#Cc1cc(Br)c(Cl)cc1NC=O. The predicted octanol–water partition coefficient (Wildman–Crippen LogP) is 2.54. The highest BCUT2D eigenvalue weighted by molar-refractivity contribution is 9.10. The van der Waals surface area contributed by atoms with Crippen LogP contribution in [0.4, 0.5) is 5.69 Å². The number of nitriles is 1. The van der Waals surface area contributed by atoms with Gasteiger partial charge in [0.15, 0.2) is 0 Å². The number of hydrogen-bond donors (Lipinski definition) is 1. The number of nitrogens with one attached hydrogen (secondary N) is 1. The lowest BCUT2D eigenvalue weighted by Crippen LogP contribution is -1.96. The monoisotopic (exact) mass is 258 g/mol. The van der Waals surface area contributed by atoms with Crippen molar-refractivity contribution in [3.05, 3.63) is 27.2 Å². The summed E-state index contributed by atoms with van der Waals surface area (Å²) in [7, 11) is 0. The van der Waals surface area contributed by atoms with Gasteiger partial charge in [-0.1, -0.05) is 11.6 Å². The summed E-state index contributed by atoms with van der Waals surface area (Å²) in [5.74, 6) is 0. The van der Waals surface area contributed by atoms with Crippen molar-refractivity contribution in [2.24, 2.45) is 0 Å². The van der Waals surface area contributed by atoms with Crippen LogP contribution in [0, 0.1) is 11.3 Å². The van der Waals surface area contributed by atoms with Crippen molar-refractivity contribution < 1.29 is 4.79 Å². The highest BCUT2D eigenvalue weighted by Gasteiger charge is 2.05. The molecule has 1 amide bonds. The number of benzene rings is 1. The van der Waals surface area contributed by atoms with E-state index in [1.807, 2.05) is 6.07 Å². The zero-order valence-corrected chi connectivity index (χ0v) is 8.69. The Labute approximate surface area is 88.4 Å². The van der Waals surface area contributed by atoms with Crippen LogP contribution in [-0.2, 0) is 4.79 Å². The van der Waals surface area contributed by atoms with Gasteiger partial charge in [0.1, 0.15) is 6.07 Å². The molecular formula is C8H4BrClN2O. The second-order valence-corrected chi connectivity index (χ2v) is 3.45. The van der Waals surface area contributed by atoms with E-state index in [2.05, 4.69) is 21.2 Å². The minimum absolute atomic E-state index is 0.364. The van der Waals surface area contributed by atoms with Crippen molar-refractivity contribution in [1.82, 2.24) is 0 Å². The molecule has 0 unspecified atom stereocenters. The molecule has 0 saturated heterocycles. The van der Waals surface area contributed by atoms with Crippen molar-refractivity contribution >= 4 is 39.6 Å². The summed E-state index contributed by atoms with van der Waals surface area (Å²) in [6, 6.07) is 5.00. The van der Waals surface area contributed by atoms with Crippen LogP contribution in [0.2, 0.25) is 5.02 Å². The molecule has 1 N–H and O–H groups in total. The maximum Gasteiger partial charge on any atom is 0.211 e. The molecule has 66 valence electrons. The molecule has 0 aliphatic heterocycles. The Morgan fingerprint density at radius 1 is 1.62 bits per heavy atom. The highest BCUT2D eigenvalue weighted by atomic mass is 79.9. The molecule has 0 radical (unpaired) electrons. The van der Waals surface area contributed by atoms with Crippen molar-refractivity contribution in [3.63, 3.8) is 0 Å². The quantitative estimate of drug-likeness (QED) is 0.830. The number of nitrogens with zero attached hydrogens (tertiary/aromatic N) is 1. The van der Waals surface area contributed by atoms with Crippen LogP contribution in [0.5, 0.6) is 0 Å². The minimum Gasteiger partial charge on any atom is -0.327 e. The molecule has 0 spiro atoms. The average Bonchev–Trinajstić information content (AvgIpc) is 2.11. The largest absolute Gasteiger partial charge is 0.327 e. The number of amides is 1. The third-order valence-corrected chi connectivity index (χ3v) is 2.59. The van der Waals surface area contributed by atoms with Crippen LogP contribution in [0.25, 0.3) is 0 Å². The summed E-state index contributed by atoms with van der Waals surface area (Å²) >= 11 is 8.94. The summed E-state index contributed by atoms with van der Waals surface area (Å²) < 4.78 is 0.627. The number of carbonyl (C=O) groups excluding carboxylic acids is 1. The van der Waals surface area contributed by atoms with Crippen molar-refractivity contribution in [2.45, 2.75) is 0 Å². The first-order valence-electron chi connectivity index (χ1n) is 3.28. The zero-order chi connectivity index (χ0) is 9.84. The van der Waals surface area contributed by atoms with Crippen molar-refractivity contribution in [2.75, 3.05) is 5.32 Å². The van der Waals surface area contributed by atoms with Crippen molar-refractivity contribution in [1.29, 1.82) is 5.26 Å². The second-order valence-electron chi connectivity index (χ2n) is 2.19. The topological polar surface area (TPSA) is 52.9 Å². The van der Waals surface area contributed by atoms with Gasteiger partial charge < -0.3 is 5.32 Å². The van der Waals surface area contributed by atoms with Gasteiger partial charge in [0.05, 0.1) is 16.3 Å². The lowest BCUT2D eigenvalue weighted by Gasteiger charge is -2.03. The number of rotatable bonds is 2. The first kappa shape index (κ1) is 10.0. The van der Waals surface area contributed by atoms with E-state index in [0.717, 1.165) is 0 Å². The Bertz CT molecular complexity index is 386.